The van der Waals surface area contributed by atoms with Crippen molar-refractivity contribution in [2.45, 2.75) is 25.3 Å². The Labute approximate surface area is 158 Å². The van der Waals surface area contributed by atoms with Crippen molar-refractivity contribution in [1.82, 2.24) is 4.57 Å². The number of aromatic nitrogens is 1. The molecular weight excluding hydrogens is 338 g/mol. The van der Waals surface area contributed by atoms with Crippen LogP contribution >= 0.6 is 0 Å². The molecule has 1 heterocycles. The largest absolute Gasteiger partial charge is 0.491 e. The first kappa shape index (κ1) is 17.4. The summed E-state index contributed by atoms with van der Waals surface area (Å²) in [6, 6.07) is 16.6. The number of nitrogens with zero attached hydrogens (tertiary/aromatic N) is 2. The zero-order valence-electron chi connectivity index (χ0n) is 15.4. The van der Waals surface area contributed by atoms with Crippen LogP contribution in [0.4, 0.5) is 5.69 Å². The first-order valence-electron chi connectivity index (χ1n) is 9.28. The molecule has 0 unspecified atom stereocenters. The van der Waals surface area contributed by atoms with Gasteiger partial charge >= 0.3 is 0 Å². The van der Waals surface area contributed by atoms with Crippen molar-refractivity contribution in [3.8, 4) is 23.1 Å². The van der Waals surface area contributed by atoms with Crippen molar-refractivity contribution < 1.29 is 9.47 Å². The Hall–Kier alpha value is -2.97. The van der Waals surface area contributed by atoms with E-state index < -0.39 is 0 Å². The molecule has 2 aromatic carbocycles. The molecule has 0 atom stereocenters. The quantitative estimate of drug-likeness (QED) is 0.518. The van der Waals surface area contributed by atoms with Gasteiger partial charge in [-0.15, -0.1) is 0 Å². The highest BCUT2D eigenvalue weighted by molar-refractivity contribution is 5.95. The Morgan fingerprint density at radius 1 is 1.15 bits per heavy atom. The van der Waals surface area contributed by atoms with E-state index in [-0.39, 0.29) is 0 Å². The Morgan fingerprint density at radius 3 is 2.56 bits per heavy atom. The van der Waals surface area contributed by atoms with E-state index in [1.54, 1.807) is 7.11 Å². The fourth-order valence-electron chi connectivity index (χ4n) is 3.69. The third kappa shape index (κ3) is 3.13. The standard InChI is InChI=1S/C22H23N3O2/c1-26-11-12-27-18-9-10-19-20(14-23)22(15-5-7-16(24)8-6-15)25(21(19)13-18)17-3-2-4-17/h5-10,13,17H,2-4,11-12,24H2,1H3. The van der Waals surface area contributed by atoms with Crippen LogP contribution in [0.2, 0.25) is 0 Å². The van der Waals surface area contributed by atoms with Crippen molar-refractivity contribution in [1.29, 1.82) is 5.26 Å². The highest BCUT2D eigenvalue weighted by Crippen LogP contribution is 2.43. The summed E-state index contributed by atoms with van der Waals surface area (Å²) in [6.07, 6.45) is 3.48. The monoisotopic (exact) mass is 361 g/mol. The van der Waals surface area contributed by atoms with Crippen LogP contribution in [0, 0.1) is 11.3 Å². The summed E-state index contributed by atoms with van der Waals surface area (Å²) < 4.78 is 13.2. The van der Waals surface area contributed by atoms with Crippen LogP contribution in [0.25, 0.3) is 22.2 Å². The number of rotatable bonds is 6. The van der Waals surface area contributed by atoms with Gasteiger partial charge in [-0.3, -0.25) is 0 Å². The van der Waals surface area contributed by atoms with E-state index in [0.717, 1.165) is 46.4 Å². The van der Waals surface area contributed by atoms with Crippen LogP contribution in [-0.4, -0.2) is 24.9 Å². The topological polar surface area (TPSA) is 73.2 Å². The minimum absolute atomic E-state index is 0.413. The molecule has 0 amide bonds. The molecule has 3 aromatic rings. The van der Waals surface area contributed by atoms with Gasteiger partial charge in [0.1, 0.15) is 18.4 Å². The summed E-state index contributed by atoms with van der Waals surface area (Å²) >= 11 is 0. The highest BCUT2D eigenvalue weighted by atomic mass is 16.5. The molecule has 5 nitrogen and oxygen atoms in total. The molecule has 1 aliphatic carbocycles. The van der Waals surface area contributed by atoms with Crippen LogP contribution in [0.1, 0.15) is 30.9 Å². The van der Waals surface area contributed by atoms with Gasteiger partial charge in [-0.05, 0) is 49.1 Å². The number of nitrogen functional groups attached to an aromatic ring is 1. The van der Waals surface area contributed by atoms with Crippen molar-refractivity contribution in [2.24, 2.45) is 0 Å². The number of hydrogen-bond donors (Lipinski definition) is 1. The summed E-state index contributed by atoms with van der Waals surface area (Å²) in [6.45, 7) is 1.05. The molecule has 0 aliphatic heterocycles. The fourth-order valence-corrected chi connectivity index (χ4v) is 3.69. The molecule has 0 radical (unpaired) electrons. The molecule has 4 rings (SSSR count). The molecule has 0 spiro atoms. The maximum atomic E-state index is 9.93. The molecule has 1 aliphatic rings. The maximum absolute atomic E-state index is 9.93. The van der Waals surface area contributed by atoms with Gasteiger partial charge in [-0.2, -0.15) is 5.26 Å². The van der Waals surface area contributed by atoms with Crippen molar-refractivity contribution >= 4 is 16.6 Å². The van der Waals surface area contributed by atoms with Crippen LogP contribution in [0.15, 0.2) is 42.5 Å². The predicted molar refractivity (Wildman–Crippen MR) is 107 cm³/mol. The van der Waals surface area contributed by atoms with Gasteiger partial charge in [-0.1, -0.05) is 12.1 Å². The van der Waals surface area contributed by atoms with E-state index in [4.69, 9.17) is 15.2 Å². The zero-order valence-corrected chi connectivity index (χ0v) is 15.4. The summed E-state index contributed by atoms with van der Waals surface area (Å²) in [7, 11) is 1.66. The summed E-state index contributed by atoms with van der Waals surface area (Å²) in [4.78, 5) is 0. The second kappa shape index (κ2) is 7.34. The van der Waals surface area contributed by atoms with Crippen molar-refractivity contribution in [3.05, 3.63) is 48.0 Å². The van der Waals surface area contributed by atoms with Gasteiger partial charge in [0.25, 0.3) is 0 Å². The van der Waals surface area contributed by atoms with Crippen molar-refractivity contribution in [3.63, 3.8) is 0 Å². The molecule has 0 saturated heterocycles. The van der Waals surface area contributed by atoms with Crippen molar-refractivity contribution in [2.75, 3.05) is 26.1 Å². The molecule has 1 fully saturated rings. The smallest absolute Gasteiger partial charge is 0.121 e. The first-order valence-corrected chi connectivity index (χ1v) is 9.28. The number of ether oxygens (including phenoxy) is 2. The molecular formula is C22H23N3O2. The zero-order chi connectivity index (χ0) is 18.8. The van der Waals surface area contributed by atoms with E-state index in [1.165, 1.54) is 6.42 Å². The summed E-state index contributed by atoms with van der Waals surface area (Å²) in [5.74, 6) is 0.797. The molecule has 27 heavy (non-hydrogen) atoms. The second-order valence-electron chi connectivity index (χ2n) is 6.93. The maximum Gasteiger partial charge on any atom is 0.121 e. The average Bonchev–Trinajstić information content (AvgIpc) is 2.95. The van der Waals surface area contributed by atoms with E-state index in [9.17, 15) is 5.26 Å². The molecule has 2 N–H and O–H groups in total. The summed E-state index contributed by atoms with van der Waals surface area (Å²) in [5, 5.41) is 10.9. The SMILES string of the molecule is COCCOc1ccc2c(C#N)c(-c3ccc(N)cc3)n(C3CCC3)c2c1. The van der Waals surface area contributed by atoms with Crippen LogP contribution in [-0.2, 0) is 4.74 Å². The van der Waals surface area contributed by atoms with Crippen LogP contribution < -0.4 is 10.5 Å². The molecule has 138 valence electrons. The lowest BCUT2D eigenvalue weighted by Crippen LogP contribution is -2.17. The number of nitrogens with two attached hydrogens (primary N) is 1. The fraction of sp³-hybridized carbons (Fsp3) is 0.318. The van der Waals surface area contributed by atoms with Gasteiger partial charge in [0.05, 0.1) is 23.4 Å². The second-order valence-corrected chi connectivity index (χ2v) is 6.93. The normalized spacial score (nSPS) is 14.1. The lowest BCUT2D eigenvalue weighted by molar-refractivity contribution is 0.146. The predicted octanol–water partition coefficient (Wildman–Crippen LogP) is 4.51. The van der Waals surface area contributed by atoms with Crippen LogP contribution in [0.5, 0.6) is 5.75 Å². The highest BCUT2D eigenvalue weighted by Gasteiger charge is 2.27. The lowest BCUT2D eigenvalue weighted by Gasteiger charge is -2.30. The Kier molecular flexibility index (Phi) is 4.74. The number of benzene rings is 2. The van der Waals surface area contributed by atoms with Crippen LogP contribution in [0.3, 0.4) is 0 Å². The minimum Gasteiger partial charge on any atom is -0.491 e. The van der Waals surface area contributed by atoms with E-state index >= 15 is 0 Å². The van der Waals surface area contributed by atoms with Gasteiger partial charge in [0, 0.05) is 30.3 Å². The van der Waals surface area contributed by atoms with Gasteiger partial charge in [-0.25, -0.2) is 0 Å². The lowest BCUT2D eigenvalue weighted by atomic mass is 9.92. The summed E-state index contributed by atoms with van der Waals surface area (Å²) in [5.41, 5.74) is 10.3. The van der Waals surface area contributed by atoms with E-state index in [1.807, 2.05) is 42.5 Å². The van der Waals surface area contributed by atoms with Gasteiger partial charge in [0.2, 0.25) is 0 Å². The number of nitriles is 1. The Balaban J connectivity index is 1.89. The number of methoxy groups -OCH3 is 1. The van der Waals surface area contributed by atoms with E-state index in [0.29, 0.717) is 24.8 Å². The average molecular weight is 361 g/mol. The molecule has 1 aromatic heterocycles. The number of fused-ring (bicyclic) bond motifs is 1. The molecule has 1 saturated carbocycles. The van der Waals surface area contributed by atoms with Gasteiger partial charge < -0.3 is 19.8 Å². The number of anilines is 1. The van der Waals surface area contributed by atoms with Gasteiger partial charge in [0.15, 0.2) is 0 Å². The first-order chi connectivity index (χ1) is 13.2. The Morgan fingerprint density at radius 2 is 1.93 bits per heavy atom. The number of hydrogen-bond acceptors (Lipinski definition) is 4. The third-order valence-electron chi connectivity index (χ3n) is 5.27. The minimum atomic E-state index is 0.413. The van der Waals surface area contributed by atoms with E-state index in [2.05, 4.69) is 10.6 Å². The Bertz CT molecular complexity index is 995. The third-order valence-corrected chi connectivity index (χ3v) is 5.27. The molecule has 5 heteroatoms. The molecule has 0 bridgehead atoms.